The predicted molar refractivity (Wildman–Crippen MR) is 119 cm³/mol. The zero-order chi connectivity index (χ0) is 20.1. The van der Waals surface area contributed by atoms with Crippen molar-refractivity contribution in [1.29, 1.82) is 0 Å². The van der Waals surface area contributed by atoms with Crippen LogP contribution in [0.1, 0.15) is 0 Å². The summed E-state index contributed by atoms with van der Waals surface area (Å²) in [4.78, 5) is 14.2. The van der Waals surface area contributed by atoms with Gasteiger partial charge >= 0.3 is 0 Å². The first-order valence-corrected chi connectivity index (χ1v) is 9.28. The molecule has 4 nitrogen and oxygen atoms in total. The Balaban J connectivity index is 1.84. The van der Waals surface area contributed by atoms with E-state index in [4.69, 9.17) is 15.0 Å². The van der Waals surface area contributed by atoms with Crippen molar-refractivity contribution in [2.75, 3.05) is 5.32 Å². The third-order valence-electron chi connectivity index (χ3n) is 4.37. The number of benzene rings is 3. The highest BCUT2D eigenvalue weighted by atomic mass is 15.0. The lowest BCUT2D eigenvalue weighted by atomic mass is 10.1. The average molecular weight is 376 g/mol. The molecule has 3 aromatic carbocycles. The Morgan fingerprint density at radius 3 is 1.66 bits per heavy atom. The van der Waals surface area contributed by atoms with Gasteiger partial charge in [0.25, 0.3) is 0 Å². The molecule has 0 amide bonds. The van der Waals surface area contributed by atoms with Gasteiger partial charge in [0.2, 0.25) is 0 Å². The van der Waals surface area contributed by atoms with Gasteiger partial charge in [0.05, 0.1) is 0 Å². The third-order valence-corrected chi connectivity index (χ3v) is 4.37. The van der Waals surface area contributed by atoms with Crippen molar-refractivity contribution in [3.63, 3.8) is 0 Å². The molecule has 0 aliphatic rings. The van der Waals surface area contributed by atoms with E-state index in [1.807, 2.05) is 84.9 Å². The molecule has 29 heavy (non-hydrogen) atoms. The molecule has 1 N–H and O–H groups in total. The van der Waals surface area contributed by atoms with E-state index in [0.717, 1.165) is 28.1 Å². The summed E-state index contributed by atoms with van der Waals surface area (Å²) >= 11 is 0. The fourth-order valence-corrected chi connectivity index (χ4v) is 2.91. The van der Waals surface area contributed by atoms with E-state index in [-0.39, 0.29) is 0 Å². The lowest BCUT2D eigenvalue weighted by Crippen LogP contribution is -2.01. The van der Waals surface area contributed by atoms with Crippen LogP contribution in [0.5, 0.6) is 0 Å². The summed E-state index contributed by atoms with van der Waals surface area (Å²) in [5, 5.41) is 3.21. The molecule has 0 fully saturated rings. The van der Waals surface area contributed by atoms with Crippen LogP contribution >= 0.6 is 0 Å². The van der Waals surface area contributed by atoms with E-state index in [2.05, 4.69) is 18.5 Å². The minimum absolute atomic E-state index is 0.616. The molecule has 0 aliphatic carbocycles. The molecule has 0 saturated carbocycles. The number of aromatic nitrogens is 3. The van der Waals surface area contributed by atoms with E-state index in [1.165, 1.54) is 0 Å². The molecular weight excluding hydrogens is 356 g/mol. The number of rotatable bonds is 6. The quantitative estimate of drug-likeness (QED) is 0.420. The smallest absolute Gasteiger partial charge is 0.164 e. The monoisotopic (exact) mass is 376 g/mol. The van der Waals surface area contributed by atoms with Crippen LogP contribution in [-0.4, -0.2) is 15.0 Å². The van der Waals surface area contributed by atoms with Crippen molar-refractivity contribution < 1.29 is 0 Å². The Labute approximate surface area is 170 Å². The molecule has 0 aliphatic heterocycles. The number of hydrogen-bond acceptors (Lipinski definition) is 4. The maximum atomic E-state index is 4.75. The highest BCUT2D eigenvalue weighted by Crippen LogP contribution is 2.26. The fourth-order valence-electron chi connectivity index (χ4n) is 2.91. The molecule has 0 atom stereocenters. The number of anilines is 1. The lowest BCUT2D eigenvalue weighted by Gasteiger charge is -2.10. The minimum Gasteiger partial charge on any atom is -0.356 e. The molecule has 4 heteroatoms. The van der Waals surface area contributed by atoms with Gasteiger partial charge in [0.1, 0.15) is 0 Å². The molecular formula is C25H20N4. The van der Waals surface area contributed by atoms with Crippen molar-refractivity contribution in [2.24, 2.45) is 0 Å². The predicted octanol–water partition coefficient (Wildman–Crippen LogP) is 5.98. The number of allylic oxidation sites excluding steroid dienone is 1. The van der Waals surface area contributed by atoms with Crippen LogP contribution in [0.25, 0.3) is 34.2 Å². The van der Waals surface area contributed by atoms with Crippen LogP contribution in [0.4, 0.5) is 5.69 Å². The van der Waals surface area contributed by atoms with E-state index >= 15 is 0 Å². The zero-order valence-corrected chi connectivity index (χ0v) is 15.9. The lowest BCUT2D eigenvalue weighted by molar-refractivity contribution is 1.07. The summed E-state index contributed by atoms with van der Waals surface area (Å²) in [5.41, 5.74) is 4.41. The molecule has 1 heterocycles. The van der Waals surface area contributed by atoms with Crippen LogP contribution in [0.2, 0.25) is 0 Å². The standard InChI is InChI=1S/C25H20N4/c1-3-18(2)26-22-16-10-15-21(17-22)25-28-23(19-11-6-4-7-12-19)27-24(29-25)20-13-8-5-9-14-20/h3-17,26H,1-2H2. The summed E-state index contributed by atoms with van der Waals surface area (Å²) < 4.78 is 0. The van der Waals surface area contributed by atoms with Gasteiger partial charge in [0, 0.05) is 28.1 Å². The van der Waals surface area contributed by atoms with Crippen molar-refractivity contribution in [2.45, 2.75) is 0 Å². The Bertz CT molecular complexity index is 1090. The number of nitrogens with one attached hydrogen (secondary N) is 1. The second-order valence-corrected chi connectivity index (χ2v) is 6.47. The van der Waals surface area contributed by atoms with Crippen molar-refractivity contribution >= 4 is 5.69 Å². The van der Waals surface area contributed by atoms with Gasteiger partial charge in [-0.3, -0.25) is 0 Å². The second-order valence-electron chi connectivity index (χ2n) is 6.47. The Hall–Kier alpha value is -4.05. The maximum Gasteiger partial charge on any atom is 0.164 e. The normalized spacial score (nSPS) is 10.3. The third kappa shape index (κ3) is 4.28. The number of hydrogen-bond donors (Lipinski definition) is 1. The summed E-state index contributed by atoms with van der Waals surface area (Å²) in [7, 11) is 0. The molecule has 0 unspecified atom stereocenters. The molecule has 1 aromatic heterocycles. The average Bonchev–Trinajstić information content (AvgIpc) is 2.80. The molecule has 140 valence electrons. The Kier molecular flexibility index (Phi) is 5.25. The molecule has 0 spiro atoms. The van der Waals surface area contributed by atoms with Gasteiger partial charge in [-0.05, 0) is 18.2 Å². The largest absolute Gasteiger partial charge is 0.356 e. The van der Waals surface area contributed by atoms with Gasteiger partial charge in [-0.1, -0.05) is 86.0 Å². The summed E-state index contributed by atoms with van der Waals surface area (Å²) in [5.74, 6) is 1.90. The van der Waals surface area contributed by atoms with Gasteiger partial charge in [-0.2, -0.15) is 0 Å². The van der Waals surface area contributed by atoms with Crippen LogP contribution in [0, 0.1) is 0 Å². The topological polar surface area (TPSA) is 50.7 Å². The van der Waals surface area contributed by atoms with Crippen molar-refractivity contribution in [3.8, 4) is 34.2 Å². The molecule has 0 saturated heterocycles. The minimum atomic E-state index is 0.616. The SMILES string of the molecule is C=CC(=C)Nc1cccc(-c2nc(-c3ccccc3)nc(-c3ccccc3)n2)c1. The van der Waals surface area contributed by atoms with Crippen LogP contribution < -0.4 is 5.32 Å². The summed E-state index contributed by atoms with van der Waals surface area (Å²) in [6.45, 7) is 7.64. The van der Waals surface area contributed by atoms with Crippen LogP contribution in [0.3, 0.4) is 0 Å². The molecule has 0 bridgehead atoms. The van der Waals surface area contributed by atoms with Crippen molar-refractivity contribution in [3.05, 3.63) is 110 Å². The summed E-state index contributed by atoms with van der Waals surface area (Å²) in [6, 6.07) is 27.8. The van der Waals surface area contributed by atoms with Crippen LogP contribution in [-0.2, 0) is 0 Å². The van der Waals surface area contributed by atoms with Crippen LogP contribution in [0.15, 0.2) is 110 Å². The highest BCUT2D eigenvalue weighted by molar-refractivity contribution is 5.69. The van der Waals surface area contributed by atoms with E-state index in [0.29, 0.717) is 17.5 Å². The first-order valence-electron chi connectivity index (χ1n) is 9.28. The Morgan fingerprint density at radius 2 is 1.14 bits per heavy atom. The maximum absolute atomic E-state index is 4.75. The summed E-state index contributed by atoms with van der Waals surface area (Å²) in [6.07, 6.45) is 1.68. The van der Waals surface area contributed by atoms with E-state index in [1.54, 1.807) is 6.08 Å². The van der Waals surface area contributed by atoms with Gasteiger partial charge in [-0.25, -0.2) is 15.0 Å². The van der Waals surface area contributed by atoms with Gasteiger partial charge < -0.3 is 5.32 Å². The number of nitrogens with zero attached hydrogens (tertiary/aromatic N) is 3. The molecule has 0 radical (unpaired) electrons. The molecule has 4 rings (SSSR count). The first kappa shape index (κ1) is 18.3. The van der Waals surface area contributed by atoms with E-state index < -0.39 is 0 Å². The van der Waals surface area contributed by atoms with Gasteiger partial charge in [-0.15, -0.1) is 0 Å². The Morgan fingerprint density at radius 1 is 0.655 bits per heavy atom. The fraction of sp³-hybridized carbons (Fsp3) is 0. The van der Waals surface area contributed by atoms with Crippen molar-refractivity contribution in [1.82, 2.24) is 15.0 Å². The highest BCUT2D eigenvalue weighted by Gasteiger charge is 2.12. The van der Waals surface area contributed by atoms with E-state index in [9.17, 15) is 0 Å². The first-order chi connectivity index (χ1) is 14.2. The zero-order valence-electron chi connectivity index (χ0n) is 15.9. The van der Waals surface area contributed by atoms with Gasteiger partial charge in [0.15, 0.2) is 17.5 Å². The molecule has 4 aromatic rings. The second kappa shape index (κ2) is 8.31.